The zero-order chi connectivity index (χ0) is 15.2. The predicted molar refractivity (Wildman–Crippen MR) is 76.7 cm³/mol. The van der Waals surface area contributed by atoms with Crippen molar-refractivity contribution in [1.29, 1.82) is 0 Å². The standard InChI is InChI=1S/C14H18FN3O3/c15-12-7-6-11(8-13(12)18(20)21)17-14(19)16-9-10-4-2-1-3-5-10/h6-8,10H,1-5,9H2,(H2,16,17,19). The number of urea groups is 1. The molecule has 6 nitrogen and oxygen atoms in total. The van der Waals surface area contributed by atoms with Crippen molar-refractivity contribution in [2.75, 3.05) is 11.9 Å². The van der Waals surface area contributed by atoms with Crippen LogP contribution in [0.25, 0.3) is 0 Å². The molecule has 7 heteroatoms. The normalized spacial score (nSPS) is 15.5. The third-order valence-corrected chi connectivity index (χ3v) is 3.68. The highest BCUT2D eigenvalue weighted by Crippen LogP contribution is 2.23. The number of nitro groups is 1. The molecular formula is C14H18FN3O3. The minimum Gasteiger partial charge on any atom is -0.338 e. The molecule has 2 rings (SSSR count). The molecule has 2 N–H and O–H groups in total. The second-order valence-corrected chi connectivity index (χ2v) is 5.26. The maximum Gasteiger partial charge on any atom is 0.319 e. The smallest absolute Gasteiger partial charge is 0.319 e. The first-order chi connectivity index (χ1) is 10.1. The van der Waals surface area contributed by atoms with E-state index in [-0.39, 0.29) is 5.69 Å². The number of carbonyl (C=O) groups excluding carboxylic acids is 1. The molecule has 0 aliphatic heterocycles. The van der Waals surface area contributed by atoms with E-state index < -0.39 is 22.5 Å². The van der Waals surface area contributed by atoms with Gasteiger partial charge in [-0.25, -0.2) is 4.79 Å². The number of hydrogen-bond donors (Lipinski definition) is 2. The van der Waals surface area contributed by atoms with E-state index in [0.29, 0.717) is 12.5 Å². The van der Waals surface area contributed by atoms with E-state index in [1.807, 2.05) is 0 Å². The summed E-state index contributed by atoms with van der Waals surface area (Å²) in [5.74, 6) is -0.430. The molecular weight excluding hydrogens is 277 g/mol. The quantitative estimate of drug-likeness (QED) is 0.659. The van der Waals surface area contributed by atoms with Crippen molar-refractivity contribution >= 4 is 17.4 Å². The average Bonchev–Trinajstić information content (AvgIpc) is 2.48. The third-order valence-electron chi connectivity index (χ3n) is 3.68. The molecule has 2 amide bonds. The Morgan fingerprint density at radius 2 is 2.05 bits per heavy atom. The number of nitrogens with zero attached hydrogens (tertiary/aromatic N) is 1. The Hall–Kier alpha value is -2.18. The number of amides is 2. The molecule has 0 saturated heterocycles. The van der Waals surface area contributed by atoms with Crippen LogP contribution in [0.15, 0.2) is 18.2 Å². The third kappa shape index (κ3) is 4.40. The first-order valence-electron chi connectivity index (χ1n) is 7.05. The number of carbonyl (C=O) groups is 1. The largest absolute Gasteiger partial charge is 0.338 e. The van der Waals surface area contributed by atoms with Gasteiger partial charge in [0.2, 0.25) is 5.82 Å². The molecule has 1 aliphatic carbocycles. The van der Waals surface area contributed by atoms with Crippen LogP contribution in [-0.2, 0) is 0 Å². The topological polar surface area (TPSA) is 84.3 Å². The second-order valence-electron chi connectivity index (χ2n) is 5.26. The summed E-state index contributed by atoms with van der Waals surface area (Å²) in [7, 11) is 0. The molecule has 1 aromatic rings. The van der Waals surface area contributed by atoms with Gasteiger partial charge in [-0.2, -0.15) is 4.39 Å². The highest BCUT2D eigenvalue weighted by atomic mass is 19.1. The lowest BCUT2D eigenvalue weighted by Gasteiger charge is -2.21. The Labute approximate surface area is 121 Å². The molecule has 0 atom stereocenters. The molecule has 1 saturated carbocycles. The predicted octanol–water partition coefficient (Wildman–Crippen LogP) is 3.44. The van der Waals surface area contributed by atoms with Crippen molar-refractivity contribution in [3.8, 4) is 0 Å². The van der Waals surface area contributed by atoms with Gasteiger partial charge in [-0.05, 0) is 30.9 Å². The number of anilines is 1. The van der Waals surface area contributed by atoms with Gasteiger partial charge in [-0.1, -0.05) is 19.3 Å². The summed E-state index contributed by atoms with van der Waals surface area (Å²) in [6.45, 7) is 0.592. The minimum absolute atomic E-state index is 0.198. The van der Waals surface area contributed by atoms with Gasteiger partial charge in [0.15, 0.2) is 0 Å². The van der Waals surface area contributed by atoms with Gasteiger partial charge in [-0.15, -0.1) is 0 Å². The number of hydrogen-bond acceptors (Lipinski definition) is 3. The van der Waals surface area contributed by atoms with Crippen LogP contribution in [0, 0.1) is 21.8 Å². The zero-order valence-corrected chi connectivity index (χ0v) is 11.6. The van der Waals surface area contributed by atoms with Crippen LogP contribution in [0.2, 0.25) is 0 Å². The summed E-state index contributed by atoms with van der Waals surface area (Å²) in [6.07, 6.45) is 5.86. The molecule has 0 aromatic heterocycles. The second kappa shape index (κ2) is 7.01. The molecule has 0 radical (unpaired) electrons. The van der Waals surface area contributed by atoms with Crippen LogP contribution in [0.4, 0.5) is 20.6 Å². The van der Waals surface area contributed by atoms with E-state index in [2.05, 4.69) is 10.6 Å². The van der Waals surface area contributed by atoms with Crippen molar-refractivity contribution in [3.63, 3.8) is 0 Å². The lowest BCUT2D eigenvalue weighted by Crippen LogP contribution is -2.33. The first-order valence-corrected chi connectivity index (χ1v) is 7.05. The Kier molecular flexibility index (Phi) is 5.08. The lowest BCUT2D eigenvalue weighted by molar-refractivity contribution is -0.387. The SMILES string of the molecule is O=C(NCC1CCCCC1)Nc1ccc(F)c([N+](=O)[O-])c1. The number of rotatable bonds is 4. The van der Waals surface area contributed by atoms with Gasteiger partial charge in [0.25, 0.3) is 0 Å². The highest BCUT2D eigenvalue weighted by molar-refractivity contribution is 5.89. The van der Waals surface area contributed by atoms with E-state index in [1.165, 1.54) is 25.3 Å². The fraction of sp³-hybridized carbons (Fsp3) is 0.500. The maximum absolute atomic E-state index is 13.2. The summed E-state index contributed by atoms with van der Waals surface area (Å²) < 4.78 is 13.2. The molecule has 1 aromatic carbocycles. The highest BCUT2D eigenvalue weighted by Gasteiger charge is 2.16. The number of nitro benzene ring substituents is 1. The molecule has 114 valence electrons. The summed E-state index contributed by atoms with van der Waals surface area (Å²) >= 11 is 0. The Morgan fingerprint density at radius 1 is 1.33 bits per heavy atom. The van der Waals surface area contributed by atoms with Crippen LogP contribution in [0.3, 0.4) is 0 Å². The zero-order valence-electron chi connectivity index (χ0n) is 11.6. The van der Waals surface area contributed by atoms with Gasteiger partial charge >= 0.3 is 11.7 Å². The fourth-order valence-corrected chi connectivity index (χ4v) is 2.53. The van der Waals surface area contributed by atoms with Gasteiger partial charge in [-0.3, -0.25) is 10.1 Å². The lowest BCUT2D eigenvalue weighted by atomic mass is 9.89. The van der Waals surface area contributed by atoms with E-state index in [1.54, 1.807) is 0 Å². The monoisotopic (exact) mass is 295 g/mol. The maximum atomic E-state index is 13.2. The minimum atomic E-state index is -0.923. The average molecular weight is 295 g/mol. The molecule has 21 heavy (non-hydrogen) atoms. The summed E-state index contributed by atoms with van der Waals surface area (Å²) in [6, 6.07) is 2.84. The molecule has 0 heterocycles. The van der Waals surface area contributed by atoms with Crippen LogP contribution in [0.1, 0.15) is 32.1 Å². The van der Waals surface area contributed by atoms with Crippen LogP contribution in [0.5, 0.6) is 0 Å². The summed E-state index contributed by atoms with van der Waals surface area (Å²) in [5.41, 5.74) is -0.454. The molecule has 0 bridgehead atoms. The summed E-state index contributed by atoms with van der Waals surface area (Å²) in [5, 5.41) is 15.9. The number of benzene rings is 1. The van der Waals surface area contributed by atoms with Crippen LogP contribution in [-0.4, -0.2) is 17.5 Å². The van der Waals surface area contributed by atoms with Gasteiger partial charge in [0.1, 0.15) is 0 Å². The van der Waals surface area contributed by atoms with Crippen molar-refractivity contribution in [3.05, 3.63) is 34.1 Å². The Morgan fingerprint density at radius 3 is 2.71 bits per heavy atom. The molecule has 1 aliphatic rings. The fourth-order valence-electron chi connectivity index (χ4n) is 2.53. The van der Waals surface area contributed by atoms with Crippen molar-refractivity contribution in [1.82, 2.24) is 5.32 Å². The Bertz CT molecular complexity index is 530. The van der Waals surface area contributed by atoms with Crippen molar-refractivity contribution in [2.45, 2.75) is 32.1 Å². The van der Waals surface area contributed by atoms with Gasteiger partial charge in [0.05, 0.1) is 4.92 Å². The van der Waals surface area contributed by atoms with Crippen molar-refractivity contribution < 1.29 is 14.1 Å². The Balaban J connectivity index is 1.87. The molecule has 0 spiro atoms. The first kappa shape index (κ1) is 15.2. The van der Waals surface area contributed by atoms with Crippen LogP contribution >= 0.6 is 0 Å². The molecule has 0 unspecified atom stereocenters. The molecule has 1 fully saturated rings. The number of nitrogens with one attached hydrogen (secondary N) is 2. The van der Waals surface area contributed by atoms with E-state index in [0.717, 1.165) is 25.0 Å². The summed E-state index contributed by atoms with van der Waals surface area (Å²) in [4.78, 5) is 21.5. The van der Waals surface area contributed by atoms with E-state index in [9.17, 15) is 19.3 Å². The van der Waals surface area contributed by atoms with Gasteiger partial charge < -0.3 is 10.6 Å². The van der Waals surface area contributed by atoms with E-state index >= 15 is 0 Å². The number of halogens is 1. The van der Waals surface area contributed by atoms with E-state index in [4.69, 9.17) is 0 Å². The van der Waals surface area contributed by atoms with Crippen molar-refractivity contribution in [2.24, 2.45) is 5.92 Å². The van der Waals surface area contributed by atoms with Gasteiger partial charge in [0, 0.05) is 18.3 Å². The van der Waals surface area contributed by atoms with Crippen LogP contribution < -0.4 is 10.6 Å².